The summed E-state index contributed by atoms with van der Waals surface area (Å²) in [7, 11) is 1.75. The molecule has 7 heteroatoms. The Morgan fingerprint density at radius 3 is 3.00 bits per heavy atom. The molecule has 0 spiro atoms. The fraction of sp³-hybridized carbons (Fsp3) is 0.182. The summed E-state index contributed by atoms with van der Waals surface area (Å²) in [4.78, 5) is 11.8. The molecule has 0 saturated heterocycles. The number of amides is 1. The fourth-order valence-corrected chi connectivity index (χ4v) is 1.57. The highest BCUT2D eigenvalue weighted by atomic mass is 35.5. The van der Waals surface area contributed by atoms with E-state index in [-0.39, 0.29) is 12.1 Å². The van der Waals surface area contributed by atoms with Crippen molar-refractivity contribution >= 4 is 17.5 Å². The molecule has 1 aromatic heterocycles. The van der Waals surface area contributed by atoms with Gasteiger partial charge in [-0.05, 0) is 18.2 Å². The average Bonchev–Trinajstić information content (AvgIpc) is 2.75. The highest BCUT2D eigenvalue weighted by molar-refractivity contribution is 6.30. The van der Waals surface area contributed by atoms with E-state index in [0.29, 0.717) is 10.8 Å². The van der Waals surface area contributed by atoms with Crippen LogP contribution < -0.4 is 5.32 Å². The number of hydrogen-bond donors (Lipinski definition) is 1. The van der Waals surface area contributed by atoms with E-state index in [1.165, 1.54) is 18.5 Å². The zero-order chi connectivity index (χ0) is 13.1. The topological polar surface area (TPSA) is 59.8 Å². The van der Waals surface area contributed by atoms with Gasteiger partial charge in [0.1, 0.15) is 12.1 Å². The second-order valence-corrected chi connectivity index (χ2v) is 4.10. The fourth-order valence-electron chi connectivity index (χ4n) is 1.39. The van der Waals surface area contributed by atoms with Gasteiger partial charge in [-0.3, -0.25) is 4.79 Å². The third-order valence-corrected chi connectivity index (χ3v) is 2.62. The van der Waals surface area contributed by atoms with Crippen LogP contribution in [0.15, 0.2) is 24.5 Å². The van der Waals surface area contributed by atoms with Gasteiger partial charge in [0, 0.05) is 12.1 Å². The summed E-state index contributed by atoms with van der Waals surface area (Å²) in [5, 5.41) is 10.3. The molecule has 0 saturated carbocycles. The van der Waals surface area contributed by atoms with E-state index in [9.17, 15) is 9.18 Å². The van der Waals surface area contributed by atoms with Crippen molar-refractivity contribution in [1.29, 1.82) is 0 Å². The molecule has 1 N–H and O–H groups in total. The molecular formula is C11H10ClFN4O. The number of halogens is 2. The van der Waals surface area contributed by atoms with Crippen LogP contribution in [0, 0.1) is 5.82 Å². The lowest BCUT2D eigenvalue weighted by atomic mass is 10.2. The van der Waals surface area contributed by atoms with Gasteiger partial charge in [-0.25, -0.2) is 4.39 Å². The molecule has 1 heterocycles. The van der Waals surface area contributed by atoms with E-state index in [1.807, 2.05) is 0 Å². The molecule has 5 nitrogen and oxygen atoms in total. The molecule has 2 rings (SSSR count). The average molecular weight is 269 g/mol. The Balaban J connectivity index is 2.08. The van der Waals surface area contributed by atoms with Crippen molar-refractivity contribution in [3.8, 4) is 0 Å². The minimum Gasteiger partial charge on any atom is -0.345 e. The van der Waals surface area contributed by atoms with E-state index >= 15 is 0 Å². The third-order valence-electron chi connectivity index (χ3n) is 2.39. The first-order valence-electron chi connectivity index (χ1n) is 5.14. The molecular weight excluding hydrogens is 259 g/mol. The van der Waals surface area contributed by atoms with Gasteiger partial charge in [-0.2, -0.15) is 0 Å². The lowest BCUT2D eigenvalue weighted by Crippen LogP contribution is -2.25. The van der Waals surface area contributed by atoms with Crippen LogP contribution in [-0.4, -0.2) is 20.7 Å². The Labute approximate surface area is 108 Å². The van der Waals surface area contributed by atoms with Crippen LogP contribution >= 0.6 is 11.6 Å². The van der Waals surface area contributed by atoms with E-state index in [1.54, 1.807) is 11.6 Å². The lowest BCUT2D eigenvalue weighted by Gasteiger charge is -2.06. The van der Waals surface area contributed by atoms with Gasteiger partial charge in [-0.1, -0.05) is 11.6 Å². The van der Waals surface area contributed by atoms with Crippen molar-refractivity contribution in [2.45, 2.75) is 6.54 Å². The van der Waals surface area contributed by atoms with E-state index in [0.717, 1.165) is 6.07 Å². The summed E-state index contributed by atoms with van der Waals surface area (Å²) in [6.45, 7) is 0.168. The first kappa shape index (κ1) is 12.5. The number of aromatic nitrogens is 3. The van der Waals surface area contributed by atoms with Crippen LogP contribution in [0.3, 0.4) is 0 Å². The quantitative estimate of drug-likeness (QED) is 0.919. The van der Waals surface area contributed by atoms with Crippen LogP contribution in [-0.2, 0) is 13.6 Å². The molecule has 2 aromatic rings. The predicted molar refractivity (Wildman–Crippen MR) is 63.6 cm³/mol. The number of hydrogen-bond acceptors (Lipinski definition) is 3. The summed E-state index contributed by atoms with van der Waals surface area (Å²) >= 11 is 5.71. The second kappa shape index (κ2) is 5.14. The Hall–Kier alpha value is -1.95. The monoisotopic (exact) mass is 268 g/mol. The number of carbonyl (C=O) groups excluding carboxylic acids is 1. The predicted octanol–water partition coefficient (Wildman–Crippen LogP) is 1.54. The minimum absolute atomic E-state index is 0.0929. The van der Waals surface area contributed by atoms with Crippen molar-refractivity contribution < 1.29 is 9.18 Å². The van der Waals surface area contributed by atoms with Crippen molar-refractivity contribution in [3.63, 3.8) is 0 Å². The molecule has 0 aliphatic carbocycles. The maximum Gasteiger partial charge on any atom is 0.254 e. The number of rotatable bonds is 3. The lowest BCUT2D eigenvalue weighted by molar-refractivity contribution is 0.0945. The van der Waals surface area contributed by atoms with Crippen LogP contribution in [0.5, 0.6) is 0 Å². The summed E-state index contributed by atoms with van der Waals surface area (Å²) in [6.07, 6.45) is 1.52. The van der Waals surface area contributed by atoms with Gasteiger partial charge in [-0.15, -0.1) is 10.2 Å². The first-order chi connectivity index (χ1) is 8.58. The number of aryl methyl sites for hydroxylation is 1. The molecule has 94 valence electrons. The first-order valence-corrected chi connectivity index (χ1v) is 5.52. The molecule has 0 unspecified atom stereocenters. The molecule has 0 atom stereocenters. The smallest absolute Gasteiger partial charge is 0.254 e. The van der Waals surface area contributed by atoms with Crippen LogP contribution in [0.4, 0.5) is 4.39 Å². The molecule has 18 heavy (non-hydrogen) atoms. The third kappa shape index (κ3) is 2.65. The number of carbonyl (C=O) groups is 1. The number of nitrogens with one attached hydrogen (secondary N) is 1. The van der Waals surface area contributed by atoms with Gasteiger partial charge in [0.05, 0.1) is 12.1 Å². The zero-order valence-electron chi connectivity index (χ0n) is 9.52. The standard InChI is InChI=1S/C11H10ClFN4O/c1-17-6-15-16-10(17)5-14-11(18)8-4-7(12)2-3-9(8)13/h2-4,6H,5H2,1H3,(H,14,18). The minimum atomic E-state index is -0.616. The van der Waals surface area contributed by atoms with Gasteiger partial charge in [0.2, 0.25) is 0 Å². The molecule has 0 radical (unpaired) electrons. The Kier molecular flexibility index (Phi) is 3.57. The van der Waals surface area contributed by atoms with Crippen LogP contribution in [0.1, 0.15) is 16.2 Å². The molecule has 0 bridgehead atoms. The summed E-state index contributed by atoms with van der Waals surface area (Å²) < 4.78 is 15.1. The van der Waals surface area contributed by atoms with Crippen molar-refractivity contribution in [2.75, 3.05) is 0 Å². The molecule has 1 amide bonds. The Bertz CT molecular complexity index is 584. The maximum atomic E-state index is 13.4. The van der Waals surface area contributed by atoms with Crippen molar-refractivity contribution in [2.24, 2.45) is 7.05 Å². The maximum absolute atomic E-state index is 13.4. The molecule has 0 fully saturated rings. The van der Waals surface area contributed by atoms with Crippen molar-refractivity contribution in [1.82, 2.24) is 20.1 Å². The molecule has 1 aromatic carbocycles. The largest absolute Gasteiger partial charge is 0.345 e. The summed E-state index contributed by atoms with van der Waals surface area (Å²) in [5.41, 5.74) is -0.0929. The van der Waals surface area contributed by atoms with E-state index in [4.69, 9.17) is 11.6 Å². The van der Waals surface area contributed by atoms with Crippen molar-refractivity contribution in [3.05, 3.63) is 46.8 Å². The summed E-state index contributed by atoms with van der Waals surface area (Å²) in [6, 6.07) is 3.82. The van der Waals surface area contributed by atoms with Gasteiger partial charge >= 0.3 is 0 Å². The van der Waals surface area contributed by atoms with E-state index < -0.39 is 11.7 Å². The van der Waals surface area contributed by atoms with E-state index in [2.05, 4.69) is 15.5 Å². The second-order valence-electron chi connectivity index (χ2n) is 3.66. The number of nitrogens with zero attached hydrogens (tertiary/aromatic N) is 3. The molecule has 0 aliphatic rings. The van der Waals surface area contributed by atoms with Gasteiger partial charge in [0.15, 0.2) is 5.82 Å². The highest BCUT2D eigenvalue weighted by Gasteiger charge is 2.12. The summed E-state index contributed by atoms with van der Waals surface area (Å²) in [5.74, 6) is -0.585. The SMILES string of the molecule is Cn1cnnc1CNC(=O)c1cc(Cl)ccc1F. The number of benzene rings is 1. The van der Waals surface area contributed by atoms with Gasteiger partial charge < -0.3 is 9.88 Å². The zero-order valence-corrected chi connectivity index (χ0v) is 10.3. The molecule has 0 aliphatic heterocycles. The highest BCUT2D eigenvalue weighted by Crippen LogP contribution is 2.14. The van der Waals surface area contributed by atoms with Crippen LogP contribution in [0.25, 0.3) is 0 Å². The Morgan fingerprint density at radius 1 is 1.56 bits per heavy atom. The van der Waals surface area contributed by atoms with Crippen LogP contribution in [0.2, 0.25) is 5.02 Å². The normalized spacial score (nSPS) is 10.4. The van der Waals surface area contributed by atoms with Gasteiger partial charge in [0.25, 0.3) is 5.91 Å². The Morgan fingerprint density at radius 2 is 2.33 bits per heavy atom.